The van der Waals surface area contributed by atoms with Gasteiger partial charge in [0.05, 0.1) is 22.9 Å². The van der Waals surface area contributed by atoms with Crippen LogP contribution < -0.4 is 4.72 Å². The number of hydrogen-bond acceptors (Lipinski definition) is 7. The largest absolute Gasteiger partial charge is 0.252 e. The Morgan fingerprint density at radius 3 is 2.61 bits per heavy atom. The number of aryl methyl sites for hydroxylation is 2. The Balaban J connectivity index is 1.82. The van der Waals surface area contributed by atoms with Crippen LogP contribution in [0.4, 0.5) is 0 Å². The average Bonchev–Trinajstić information content (AvgIpc) is 3.12. The highest BCUT2D eigenvalue weighted by Crippen LogP contribution is 2.22. The van der Waals surface area contributed by atoms with Crippen LogP contribution in [0.25, 0.3) is 5.69 Å². The molecule has 0 atom stereocenters. The maximum atomic E-state index is 12.4. The Bertz CT molecular complexity index is 917. The van der Waals surface area contributed by atoms with Gasteiger partial charge in [-0.1, -0.05) is 18.2 Å². The summed E-state index contributed by atoms with van der Waals surface area (Å²) in [6.45, 7) is 3.43. The monoisotopic (exact) mass is 350 g/mol. The van der Waals surface area contributed by atoms with Crippen LogP contribution >= 0.6 is 11.3 Å². The van der Waals surface area contributed by atoms with E-state index < -0.39 is 10.0 Å². The molecule has 2 aromatic heterocycles. The number of tetrazole rings is 1. The van der Waals surface area contributed by atoms with E-state index in [1.54, 1.807) is 13.8 Å². The lowest BCUT2D eigenvalue weighted by atomic mass is 10.3. The van der Waals surface area contributed by atoms with Crippen molar-refractivity contribution >= 4 is 21.4 Å². The van der Waals surface area contributed by atoms with Gasteiger partial charge in [-0.3, -0.25) is 0 Å². The average molecular weight is 350 g/mol. The van der Waals surface area contributed by atoms with Crippen molar-refractivity contribution in [3.63, 3.8) is 0 Å². The smallest absolute Gasteiger partial charge is 0.245 e. The second kappa shape index (κ2) is 6.14. The van der Waals surface area contributed by atoms with Crippen LogP contribution in [0, 0.1) is 13.8 Å². The molecule has 0 bridgehead atoms. The molecule has 0 radical (unpaired) electrons. The Hall–Kier alpha value is -2.17. The van der Waals surface area contributed by atoms with Gasteiger partial charge in [0.15, 0.2) is 10.0 Å². The maximum Gasteiger partial charge on any atom is 0.252 e. The molecular weight excluding hydrogens is 336 g/mol. The molecule has 0 saturated heterocycles. The van der Waals surface area contributed by atoms with Gasteiger partial charge in [0.2, 0.25) is 0 Å². The van der Waals surface area contributed by atoms with Crippen LogP contribution in [0.1, 0.15) is 16.5 Å². The molecule has 0 aliphatic carbocycles. The third kappa shape index (κ3) is 3.28. The molecule has 23 heavy (non-hydrogen) atoms. The van der Waals surface area contributed by atoms with Crippen molar-refractivity contribution in [3.8, 4) is 5.69 Å². The van der Waals surface area contributed by atoms with Crippen molar-refractivity contribution in [2.45, 2.75) is 24.6 Å². The van der Waals surface area contributed by atoms with E-state index in [9.17, 15) is 8.42 Å². The third-order valence-corrected chi connectivity index (χ3v) is 6.14. The first-order valence-corrected chi connectivity index (χ1v) is 9.04. The van der Waals surface area contributed by atoms with Gasteiger partial charge in [-0.2, -0.15) is 4.68 Å². The van der Waals surface area contributed by atoms with Gasteiger partial charge in [0, 0.05) is 0 Å². The second-order valence-corrected chi connectivity index (χ2v) is 7.94. The molecule has 0 fully saturated rings. The fraction of sp³-hybridized carbons (Fsp3) is 0.231. The zero-order chi connectivity index (χ0) is 16.4. The molecule has 0 unspecified atom stereocenters. The predicted octanol–water partition coefficient (Wildman–Crippen LogP) is 1.21. The number of sulfonamides is 1. The summed E-state index contributed by atoms with van der Waals surface area (Å²) in [5.41, 5.74) is 1.25. The minimum atomic E-state index is -3.65. The van der Waals surface area contributed by atoms with Gasteiger partial charge in [0.1, 0.15) is 0 Å². The van der Waals surface area contributed by atoms with E-state index in [-0.39, 0.29) is 10.8 Å². The summed E-state index contributed by atoms with van der Waals surface area (Å²) in [6.07, 6.45) is 0. The van der Waals surface area contributed by atoms with Crippen LogP contribution in [0.15, 0.2) is 34.5 Å². The van der Waals surface area contributed by atoms with Gasteiger partial charge in [0.25, 0.3) is 10.0 Å². The molecule has 1 aromatic carbocycles. The standard InChI is InChI=1S/C13H14N6O2S2/c1-9-13(22-10(2)15-9)23(20,21)14-8-12-16-17-18-19(12)11-6-4-3-5-7-11/h3-7,14H,8H2,1-2H3. The summed E-state index contributed by atoms with van der Waals surface area (Å²) in [5, 5.41) is 12.1. The van der Waals surface area contributed by atoms with Crippen molar-refractivity contribution in [2.24, 2.45) is 0 Å². The van der Waals surface area contributed by atoms with Crippen molar-refractivity contribution < 1.29 is 8.42 Å². The fourth-order valence-electron chi connectivity index (χ4n) is 2.07. The quantitative estimate of drug-likeness (QED) is 0.742. The zero-order valence-electron chi connectivity index (χ0n) is 12.5. The van der Waals surface area contributed by atoms with Crippen molar-refractivity contribution in [3.05, 3.63) is 46.9 Å². The van der Waals surface area contributed by atoms with E-state index in [0.29, 0.717) is 16.5 Å². The molecular formula is C13H14N6O2S2. The number of hydrogen-bond donors (Lipinski definition) is 1. The van der Waals surface area contributed by atoms with Crippen LogP contribution in [-0.4, -0.2) is 33.6 Å². The topological polar surface area (TPSA) is 103 Å². The van der Waals surface area contributed by atoms with Crippen molar-refractivity contribution in [1.29, 1.82) is 0 Å². The molecule has 8 nitrogen and oxygen atoms in total. The lowest BCUT2D eigenvalue weighted by Crippen LogP contribution is -2.25. The molecule has 0 aliphatic heterocycles. The summed E-state index contributed by atoms with van der Waals surface area (Å²) in [5.74, 6) is 0.402. The third-order valence-electron chi connectivity index (χ3n) is 3.06. The molecule has 0 aliphatic rings. The minimum absolute atomic E-state index is 0.0133. The minimum Gasteiger partial charge on any atom is -0.245 e. The van der Waals surface area contributed by atoms with E-state index in [1.165, 1.54) is 4.68 Å². The molecule has 1 N–H and O–H groups in total. The van der Waals surface area contributed by atoms with Crippen molar-refractivity contribution in [2.75, 3.05) is 0 Å². The number of aromatic nitrogens is 5. The molecule has 3 rings (SSSR count). The first-order valence-electron chi connectivity index (χ1n) is 6.74. The number of nitrogens with zero attached hydrogens (tertiary/aromatic N) is 5. The summed E-state index contributed by atoms with van der Waals surface area (Å²) in [6, 6.07) is 9.27. The molecule has 0 saturated carbocycles. The van der Waals surface area contributed by atoms with E-state index in [4.69, 9.17) is 0 Å². The van der Waals surface area contributed by atoms with E-state index in [0.717, 1.165) is 17.0 Å². The van der Waals surface area contributed by atoms with E-state index in [1.807, 2.05) is 30.3 Å². The van der Waals surface area contributed by atoms with Crippen LogP contribution in [0.5, 0.6) is 0 Å². The summed E-state index contributed by atoms with van der Waals surface area (Å²) < 4.78 is 29.0. The number of thiazole rings is 1. The molecule has 2 heterocycles. The van der Waals surface area contributed by atoms with Gasteiger partial charge in [-0.15, -0.1) is 16.4 Å². The van der Waals surface area contributed by atoms with Crippen LogP contribution in [0.2, 0.25) is 0 Å². The number of benzene rings is 1. The second-order valence-electron chi connectivity index (χ2n) is 4.77. The molecule has 10 heteroatoms. The SMILES string of the molecule is Cc1nc(C)c(S(=O)(=O)NCc2nnnn2-c2ccccc2)s1. The highest BCUT2D eigenvalue weighted by Gasteiger charge is 2.21. The first kappa shape index (κ1) is 15.7. The van der Waals surface area contributed by atoms with Gasteiger partial charge in [-0.05, 0) is 36.4 Å². The molecule has 120 valence electrons. The van der Waals surface area contributed by atoms with Gasteiger partial charge in [-0.25, -0.2) is 18.1 Å². The van der Waals surface area contributed by atoms with Crippen LogP contribution in [-0.2, 0) is 16.6 Å². The number of rotatable bonds is 5. The molecule has 0 spiro atoms. The Morgan fingerprint density at radius 2 is 1.96 bits per heavy atom. The Kier molecular flexibility index (Phi) is 4.20. The Labute approximate surface area is 137 Å². The highest BCUT2D eigenvalue weighted by molar-refractivity contribution is 7.91. The van der Waals surface area contributed by atoms with Crippen molar-refractivity contribution in [1.82, 2.24) is 29.9 Å². The summed E-state index contributed by atoms with van der Waals surface area (Å²) >= 11 is 1.14. The van der Waals surface area contributed by atoms with E-state index >= 15 is 0 Å². The maximum absolute atomic E-state index is 12.4. The van der Waals surface area contributed by atoms with E-state index in [2.05, 4.69) is 25.2 Å². The summed E-state index contributed by atoms with van der Waals surface area (Å²) in [4.78, 5) is 4.14. The fourth-order valence-corrected chi connectivity index (χ4v) is 4.58. The normalized spacial score (nSPS) is 11.7. The first-order chi connectivity index (χ1) is 11.0. The number of para-hydroxylation sites is 1. The number of nitrogens with one attached hydrogen (secondary N) is 1. The summed E-state index contributed by atoms with van der Waals surface area (Å²) in [7, 11) is -3.65. The van der Waals surface area contributed by atoms with Crippen LogP contribution in [0.3, 0.4) is 0 Å². The lowest BCUT2D eigenvalue weighted by molar-refractivity contribution is 0.579. The lowest BCUT2D eigenvalue weighted by Gasteiger charge is -2.06. The van der Waals surface area contributed by atoms with Gasteiger partial charge < -0.3 is 0 Å². The Morgan fingerprint density at radius 1 is 1.22 bits per heavy atom. The zero-order valence-corrected chi connectivity index (χ0v) is 14.1. The molecule has 3 aromatic rings. The molecule has 0 amide bonds. The highest BCUT2D eigenvalue weighted by atomic mass is 32.2. The van der Waals surface area contributed by atoms with Gasteiger partial charge >= 0.3 is 0 Å². The predicted molar refractivity (Wildman–Crippen MR) is 84.8 cm³/mol.